The first-order valence-electron chi connectivity index (χ1n) is 29.1. The summed E-state index contributed by atoms with van der Waals surface area (Å²) in [6.07, 6.45) is 4.55. The molecule has 0 aliphatic carbocycles. The molecule has 20 heteroatoms. The first-order chi connectivity index (χ1) is 38.9. The quantitative estimate of drug-likeness (QED) is 0.0479. The van der Waals surface area contributed by atoms with Gasteiger partial charge < -0.3 is 46.2 Å². The van der Waals surface area contributed by atoms with Crippen molar-refractivity contribution in [3.63, 3.8) is 0 Å². The number of piperazine rings is 2. The average Bonchev–Trinajstić information content (AvgIpc) is 3.45. The van der Waals surface area contributed by atoms with Crippen LogP contribution in [0.4, 0.5) is 26.1 Å². The molecule has 440 valence electrons. The molecule has 0 radical (unpaired) electrons. The number of nitrogens with one attached hydrogen (secondary N) is 5. The highest BCUT2D eigenvalue weighted by Gasteiger charge is 2.42. The van der Waals surface area contributed by atoms with Crippen molar-refractivity contribution >= 4 is 41.0 Å². The van der Waals surface area contributed by atoms with E-state index in [0.29, 0.717) is 103 Å². The SMILES string of the molecule is CC(C)C[C@H](NC(=O)[C@@H](O)[C@H](C)Cc1ccccc1)C(=O)NCCN1CCN(CCOCC(=O)NCc2cccc(CNc3cc(N4CCC5(CC4)CN(c4cc(F)c(CN6CCC(C)(C)CC6)cc4F)CC(=O)N5)ncn3)c2)CC1. The maximum Gasteiger partial charge on any atom is 0.249 e. The summed E-state index contributed by atoms with van der Waals surface area (Å²) in [5.74, 6) is -0.895. The van der Waals surface area contributed by atoms with Crippen molar-refractivity contribution in [1.29, 1.82) is 0 Å². The van der Waals surface area contributed by atoms with Gasteiger partial charge in [0.25, 0.3) is 0 Å². The molecular weight excluding hydrogens is 1030 g/mol. The number of aromatic nitrogens is 2. The minimum absolute atomic E-state index is 0.0388. The van der Waals surface area contributed by atoms with Crippen LogP contribution in [-0.2, 0) is 50.0 Å². The molecule has 1 spiro atoms. The number of carbonyl (C=O) groups excluding carboxylic acids is 4. The van der Waals surface area contributed by atoms with Crippen LogP contribution in [0.15, 0.2) is 79.1 Å². The van der Waals surface area contributed by atoms with E-state index in [4.69, 9.17) is 4.74 Å². The Morgan fingerprint density at radius 1 is 0.753 bits per heavy atom. The van der Waals surface area contributed by atoms with Crippen LogP contribution in [0, 0.1) is 28.9 Å². The van der Waals surface area contributed by atoms with Crippen LogP contribution in [0.1, 0.15) is 89.0 Å². The number of nitrogens with zero attached hydrogens (tertiary/aromatic N) is 7. The maximum absolute atomic E-state index is 15.7. The molecule has 6 N–H and O–H groups in total. The van der Waals surface area contributed by atoms with Crippen molar-refractivity contribution in [2.45, 2.75) is 110 Å². The average molecular weight is 1120 g/mol. The fourth-order valence-electron chi connectivity index (χ4n) is 11.4. The molecule has 8 rings (SSSR count). The standard InChI is InChI=1S/C61H86F2N12O6/c1-43(2)30-51(69-59(80)57(78)44(3)31-45-10-7-6-8-11-45)58(79)64-18-23-71-24-26-72(27-25-71)28-29-81-40-56(77)66-37-47-13-9-12-46(32-47)36-65-53-35-54(68-42-67-53)74-21-16-61(17-22-74)41-75(39-55(76)70-61)52-34-49(62)48(33-50(52)63)38-73-19-14-60(4,5)15-20-73/h6-13,32-35,42-44,51,57,78H,14-31,36-41H2,1-5H3,(H,64,79)(H,66,77)(H,69,80)(H,70,76)(H,65,67,68)/t44-,51+,57+/m1/s1. The van der Waals surface area contributed by atoms with Crippen LogP contribution in [-0.4, -0.2) is 169 Å². The number of likely N-dealkylation sites (tertiary alicyclic amines) is 1. The Morgan fingerprint density at radius 2 is 1.44 bits per heavy atom. The second-order valence-corrected chi connectivity index (χ2v) is 24.0. The van der Waals surface area contributed by atoms with Crippen LogP contribution < -0.4 is 36.4 Å². The van der Waals surface area contributed by atoms with Crippen molar-refractivity contribution in [2.75, 3.05) is 113 Å². The lowest BCUT2D eigenvalue weighted by Gasteiger charge is -2.48. The number of hydrogen-bond acceptors (Lipinski definition) is 14. The molecule has 3 atom stereocenters. The number of rotatable bonds is 25. The minimum Gasteiger partial charge on any atom is -0.383 e. The summed E-state index contributed by atoms with van der Waals surface area (Å²) in [6, 6.07) is 21.4. The smallest absolute Gasteiger partial charge is 0.249 e. The van der Waals surface area contributed by atoms with Gasteiger partial charge in [-0.25, -0.2) is 18.7 Å². The summed E-state index contributed by atoms with van der Waals surface area (Å²) in [5, 5.41) is 26.2. The van der Waals surface area contributed by atoms with E-state index in [1.807, 2.05) is 81.4 Å². The van der Waals surface area contributed by atoms with Crippen molar-refractivity contribution in [1.82, 2.24) is 45.9 Å². The second kappa shape index (κ2) is 28.6. The van der Waals surface area contributed by atoms with Gasteiger partial charge in [0.15, 0.2) is 0 Å². The topological polar surface area (TPSA) is 200 Å². The Bertz CT molecular complexity index is 2710. The zero-order valence-corrected chi connectivity index (χ0v) is 48.2. The molecule has 1 aromatic heterocycles. The molecule has 18 nitrogen and oxygen atoms in total. The van der Waals surface area contributed by atoms with Gasteiger partial charge in [0, 0.05) is 103 Å². The summed E-state index contributed by atoms with van der Waals surface area (Å²) in [6.45, 7) is 20.3. The highest BCUT2D eigenvalue weighted by atomic mass is 19.1. The Balaban J connectivity index is 0.693. The monoisotopic (exact) mass is 1120 g/mol. The lowest BCUT2D eigenvalue weighted by atomic mass is 9.82. The van der Waals surface area contributed by atoms with E-state index in [-0.39, 0.29) is 53.8 Å². The van der Waals surface area contributed by atoms with Gasteiger partial charge in [0.05, 0.1) is 24.4 Å². The van der Waals surface area contributed by atoms with Crippen molar-refractivity contribution in [2.24, 2.45) is 17.3 Å². The molecule has 5 heterocycles. The fourth-order valence-corrected chi connectivity index (χ4v) is 11.4. The molecule has 4 aliphatic rings. The summed E-state index contributed by atoms with van der Waals surface area (Å²) < 4.78 is 37.0. The molecule has 0 unspecified atom stereocenters. The lowest BCUT2D eigenvalue weighted by molar-refractivity contribution is -0.136. The second-order valence-electron chi connectivity index (χ2n) is 24.0. The molecule has 4 fully saturated rings. The predicted octanol–water partition coefficient (Wildman–Crippen LogP) is 5.10. The lowest BCUT2D eigenvalue weighted by Crippen LogP contribution is -2.66. The number of carbonyl (C=O) groups is 4. The molecule has 4 aromatic rings. The third-order valence-corrected chi connectivity index (χ3v) is 16.5. The highest BCUT2D eigenvalue weighted by Crippen LogP contribution is 2.34. The van der Waals surface area contributed by atoms with Crippen LogP contribution in [0.5, 0.6) is 0 Å². The van der Waals surface area contributed by atoms with E-state index in [2.05, 4.69) is 70.0 Å². The van der Waals surface area contributed by atoms with Crippen molar-refractivity contribution in [3.8, 4) is 0 Å². The Labute approximate surface area is 477 Å². The number of aliphatic hydroxyl groups excluding tert-OH is 1. The molecule has 81 heavy (non-hydrogen) atoms. The van der Waals surface area contributed by atoms with E-state index in [9.17, 15) is 24.3 Å². The van der Waals surface area contributed by atoms with Gasteiger partial charge in [-0.15, -0.1) is 0 Å². The number of anilines is 3. The number of piperidine rings is 2. The summed E-state index contributed by atoms with van der Waals surface area (Å²) in [5.41, 5.74) is 3.12. The van der Waals surface area contributed by atoms with Crippen LogP contribution in [0.2, 0.25) is 0 Å². The summed E-state index contributed by atoms with van der Waals surface area (Å²) >= 11 is 0. The number of hydrogen-bond donors (Lipinski definition) is 6. The summed E-state index contributed by atoms with van der Waals surface area (Å²) in [7, 11) is 0. The van der Waals surface area contributed by atoms with E-state index in [1.54, 1.807) is 4.90 Å². The fraction of sp³-hybridized carbons (Fsp3) is 0.574. The van der Waals surface area contributed by atoms with E-state index in [1.165, 1.54) is 18.5 Å². The largest absolute Gasteiger partial charge is 0.383 e. The van der Waals surface area contributed by atoms with E-state index in [0.717, 1.165) is 74.6 Å². The van der Waals surface area contributed by atoms with Gasteiger partial charge in [-0.05, 0) is 91.6 Å². The first-order valence-corrected chi connectivity index (χ1v) is 29.1. The third-order valence-electron chi connectivity index (χ3n) is 16.5. The predicted molar refractivity (Wildman–Crippen MR) is 310 cm³/mol. The zero-order valence-electron chi connectivity index (χ0n) is 48.2. The van der Waals surface area contributed by atoms with Gasteiger partial charge in [0.2, 0.25) is 23.6 Å². The summed E-state index contributed by atoms with van der Waals surface area (Å²) in [4.78, 5) is 71.8. The Morgan fingerprint density at radius 3 is 2.16 bits per heavy atom. The Hall–Kier alpha value is -6.32. The molecule has 4 saturated heterocycles. The van der Waals surface area contributed by atoms with Gasteiger partial charge in [0.1, 0.15) is 48.4 Å². The Kier molecular flexibility index (Phi) is 21.4. The number of aliphatic hydroxyl groups is 1. The third kappa shape index (κ3) is 18.1. The van der Waals surface area contributed by atoms with Crippen LogP contribution >= 0.6 is 0 Å². The molecular formula is C61H86F2N12O6. The van der Waals surface area contributed by atoms with Gasteiger partial charge >= 0.3 is 0 Å². The van der Waals surface area contributed by atoms with Gasteiger partial charge in [-0.3, -0.25) is 33.9 Å². The number of benzene rings is 3. The van der Waals surface area contributed by atoms with Crippen molar-refractivity contribution in [3.05, 3.63) is 113 Å². The van der Waals surface area contributed by atoms with E-state index >= 15 is 8.78 Å². The number of ether oxygens (including phenoxy) is 1. The van der Waals surface area contributed by atoms with Crippen LogP contribution in [0.3, 0.4) is 0 Å². The van der Waals surface area contributed by atoms with Gasteiger partial charge in [-0.2, -0.15) is 0 Å². The normalized spacial score (nSPS) is 19.0. The molecule has 0 bridgehead atoms. The molecule has 4 amide bonds. The van der Waals surface area contributed by atoms with Crippen molar-refractivity contribution < 1.29 is 37.8 Å². The first kappa shape index (κ1) is 60.8. The number of amides is 4. The maximum atomic E-state index is 15.7. The highest BCUT2D eigenvalue weighted by molar-refractivity contribution is 5.89. The molecule has 4 aliphatic heterocycles. The van der Waals surface area contributed by atoms with Gasteiger partial charge in [-0.1, -0.05) is 89.2 Å². The molecule has 0 saturated carbocycles. The minimum atomic E-state index is -1.23. The van der Waals surface area contributed by atoms with Crippen LogP contribution in [0.25, 0.3) is 0 Å². The number of halogens is 2. The molecule has 3 aromatic carbocycles. The zero-order chi connectivity index (χ0) is 57.5. The van der Waals surface area contributed by atoms with E-state index < -0.39 is 35.2 Å².